The van der Waals surface area contributed by atoms with E-state index in [0.717, 1.165) is 12.8 Å². The van der Waals surface area contributed by atoms with E-state index >= 15 is 0 Å². The van der Waals surface area contributed by atoms with Gasteiger partial charge in [-0.2, -0.15) is 0 Å². The molecule has 2 N–H and O–H groups in total. The van der Waals surface area contributed by atoms with E-state index < -0.39 is 11.9 Å². The summed E-state index contributed by atoms with van der Waals surface area (Å²) in [5, 5.41) is 15.8. The molecular weight excluding hydrogens is 321 g/mol. The van der Waals surface area contributed by atoms with Crippen LogP contribution in [0.25, 0.3) is 0 Å². The van der Waals surface area contributed by atoms with Crippen molar-refractivity contribution in [2.75, 3.05) is 0 Å². The van der Waals surface area contributed by atoms with E-state index in [1.807, 2.05) is 13.8 Å². The SMILES string of the molecule is C.C.C.C.C.C.CCCC(=O)O.CCCC(=O)O.[Y]. The Morgan fingerprint density at radius 2 is 0.842 bits per heavy atom. The number of hydrogen-bond donors (Lipinski definition) is 2. The predicted octanol–water partition coefficient (Wildman–Crippen LogP) is 5.56. The van der Waals surface area contributed by atoms with Crippen LogP contribution in [0, 0.1) is 0 Å². The summed E-state index contributed by atoms with van der Waals surface area (Å²) in [6, 6.07) is 0. The largest absolute Gasteiger partial charge is 0.481 e. The van der Waals surface area contributed by atoms with Gasteiger partial charge in [0, 0.05) is 45.6 Å². The molecule has 0 bridgehead atoms. The third-order valence-corrected chi connectivity index (χ3v) is 0.928. The molecule has 0 aromatic heterocycles. The molecule has 0 rings (SSSR count). The fourth-order valence-corrected chi connectivity index (χ4v) is 0.428. The van der Waals surface area contributed by atoms with Gasteiger partial charge in [0.1, 0.15) is 0 Å². The van der Waals surface area contributed by atoms with Crippen LogP contribution in [0.5, 0.6) is 0 Å². The molecule has 0 fully saturated rings. The molecule has 0 saturated heterocycles. The number of carboxylic acids is 2. The van der Waals surface area contributed by atoms with E-state index in [1.165, 1.54) is 0 Å². The molecule has 0 atom stereocenters. The number of carboxylic acid groups (broad SMARTS) is 2. The van der Waals surface area contributed by atoms with E-state index in [4.69, 9.17) is 10.2 Å². The van der Waals surface area contributed by atoms with Gasteiger partial charge in [-0.05, 0) is 12.8 Å². The summed E-state index contributed by atoms with van der Waals surface area (Å²) >= 11 is 0. The monoisotopic (exact) mass is 361 g/mol. The Bertz CT molecular complexity index is 123. The van der Waals surface area contributed by atoms with Gasteiger partial charge in [-0.3, -0.25) is 9.59 Å². The van der Waals surface area contributed by atoms with Gasteiger partial charge in [0.05, 0.1) is 0 Å². The zero-order chi connectivity index (χ0) is 9.98. The van der Waals surface area contributed by atoms with Crippen LogP contribution >= 0.6 is 0 Å². The molecule has 0 unspecified atom stereocenters. The van der Waals surface area contributed by atoms with Crippen molar-refractivity contribution in [1.82, 2.24) is 0 Å². The van der Waals surface area contributed by atoms with Crippen molar-refractivity contribution in [3.05, 3.63) is 0 Å². The minimum absolute atomic E-state index is 0. The van der Waals surface area contributed by atoms with Gasteiger partial charge >= 0.3 is 11.9 Å². The van der Waals surface area contributed by atoms with Gasteiger partial charge < -0.3 is 10.2 Å². The quantitative estimate of drug-likeness (QED) is 0.688. The fourth-order valence-electron chi connectivity index (χ4n) is 0.428. The first-order valence-corrected chi connectivity index (χ1v) is 3.98. The Hall–Kier alpha value is 0.0439. The summed E-state index contributed by atoms with van der Waals surface area (Å²) in [5.41, 5.74) is 0. The van der Waals surface area contributed by atoms with Gasteiger partial charge in [0.15, 0.2) is 0 Å². The summed E-state index contributed by atoms with van der Waals surface area (Å²) in [6.45, 7) is 3.68. The molecule has 0 heterocycles. The second-order valence-electron chi connectivity index (χ2n) is 2.29. The number of aliphatic carboxylic acids is 2. The Balaban J connectivity index is -0.0000000110. The Morgan fingerprint density at radius 1 is 0.684 bits per heavy atom. The number of rotatable bonds is 4. The second kappa shape index (κ2) is 52.0. The normalized spacial score (nSPS) is 5.16. The molecule has 0 aliphatic heterocycles. The van der Waals surface area contributed by atoms with Crippen molar-refractivity contribution in [3.8, 4) is 0 Å². The standard InChI is InChI=1S/2C4H8O2.6CH4.Y/c2*1-2-3-4(5)6;;;;;;;/h2*2-3H2,1H3,(H,5,6);6*1H4;. The minimum atomic E-state index is -0.711. The summed E-state index contributed by atoms with van der Waals surface area (Å²) in [6.07, 6.45) is 2.05. The van der Waals surface area contributed by atoms with Crippen molar-refractivity contribution in [3.63, 3.8) is 0 Å². The summed E-state index contributed by atoms with van der Waals surface area (Å²) < 4.78 is 0. The average molecular weight is 361 g/mol. The second-order valence-corrected chi connectivity index (χ2v) is 2.29. The van der Waals surface area contributed by atoms with Crippen LogP contribution in [0.1, 0.15) is 84.1 Å². The minimum Gasteiger partial charge on any atom is -0.481 e. The topological polar surface area (TPSA) is 74.6 Å². The predicted molar refractivity (Wildman–Crippen MR) is 85.5 cm³/mol. The van der Waals surface area contributed by atoms with Gasteiger partial charge in [0.25, 0.3) is 0 Å². The molecule has 123 valence electrons. The number of hydrogen-bond acceptors (Lipinski definition) is 2. The molecule has 0 saturated carbocycles. The van der Waals surface area contributed by atoms with Crippen LogP contribution in [0.15, 0.2) is 0 Å². The zero-order valence-corrected chi connectivity index (χ0v) is 11.0. The fraction of sp³-hybridized carbons (Fsp3) is 0.857. The average Bonchev–Trinajstić information content (AvgIpc) is 1.87. The maximum Gasteiger partial charge on any atom is 0.303 e. The van der Waals surface area contributed by atoms with Gasteiger partial charge in [-0.25, -0.2) is 0 Å². The summed E-state index contributed by atoms with van der Waals surface area (Å²) in [4.78, 5) is 19.2. The van der Waals surface area contributed by atoms with Crippen molar-refractivity contribution in [2.24, 2.45) is 0 Å². The summed E-state index contributed by atoms with van der Waals surface area (Å²) in [5.74, 6) is -1.42. The van der Waals surface area contributed by atoms with Crippen molar-refractivity contribution in [1.29, 1.82) is 0 Å². The Morgan fingerprint density at radius 3 is 0.842 bits per heavy atom. The molecule has 19 heavy (non-hydrogen) atoms. The molecule has 0 spiro atoms. The van der Waals surface area contributed by atoms with Crippen LogP contribution in [-0.4, -0.2) is 22.2 Å². The van der Waals surface area contributed by atoms with E-state index in [-0.39, 0.29) is 77.3 Å². The first-order chi connectivity index (χ1) is 5.54. The Kier molecular flexibility index (Phi) is 168. The molecular formula is C14H40O4Y. The van der Waals surface area contributed by atoms with Gasteiger partial charge in [-0.1, -0.05) is 58.4 Å². The van der Waals surface area contributed by atoms with Crippen LogP contribution in [-0.2, 0) is 42.3 Å². The maximum atomic E-state index is 9.60. The van der Waals surface area contributed by atoms with Crippen molar-refractivity contribution >= 4 is 11.9 Å². The molecule has 0 aliphatic carbocycles. The van der Waals surface area contributed by atoms with Crippen molar-refractivity contribution in [2.45, 2.75) is 84.1 Å². The molecule has 0 aliphatic rings. The third kappa shape index (κ3) is 127. The van der Waals surface area contributed by atoms with Gasteiger partial charge in [0.2, 0.25) is 0 Å². The first kappa shape index (κ1) is 61.5. The van der Waals surface area contributed by atoms with Crippen LogP contribution in [0.2, 0.25) is 0 Å². The van der Waals surface area contributed by atoms with Gasteiger partial charge in [-0.15, -0.1) is 0 Å². The Labute approximate surface area is 148 Å². The van der Waals surface area contributed by atoms with E-state index in [2.05, 4.69) is 0 Å². The molecule has 0 aromatic rings. The molecule has 1 radical (unpaired) electrons. The van der Waals surface area contributed by atoms with Crippen LogP contribution in [0.3, 0.4) is 0 Å². The van der Waals surface area contributed by atoms with E-state index in [0.29, 0.717) is 12.8 Å². The molecule has 0 aromatic carbocycles. The molecule has 0 amide bonds. The smallest absolute Gasteiger partial charge is 0.303 e. The molecule has 4 nitrogen and oxygen atoms in total. The first-order valence-electron chi connectivity index (χ1n) is 3.98. The molecule has 5 heteroatoms. The zero-order valence-electron chi connectivity index (χ0n) is 8.12. The third-order valence-electron chi connectivity index (χ3n) is 0.928. The van der Waals surface area contributed by atoms with E-state index in [1.54, 1.807) is 0 Å². The number of carbonyl (C=O) groups is 2. The van der Waals surface area contributed by atoms with E-state index in [9.17, 15) is 9.59 Å². The maximum absolute atomic E-state index is 9.60. The van der Waals surface area contributed by atoms with Crippen LogP contribution in [0.4, 0.5) is 0 Å². The van der Waals surface area contributed by atoms with Crippen LogP contribution < -0.4 is 0 Å². The summed E-state index contributed by atoms with van der Waals surface area (Å²) in [7, 11) is 0. The van der Waals surface area contributed by atoms with Crippen molar-refractivity contribution < 1.29 is 52.5 Å².